The number of nitro groups is 1. The van der Waals surface area contributed by atoms with Crippen LogP contribution in [-0.2, 0) is 4.79 Å². The van der Waals surface area contributed by atoms with E-state index in [0.717, 1.165) is 56.9 Å². The Kier molecular flexibility index (Phi) is 10.9. The molecule has 0 aromatic heterocycles. The van der Waals surface area contributed by atoms with Crippen LogP contribution in [0.25, 0.3) is 0 Å². The predicted octanol–water partition coefficient (Wildman–Crippen LogP) is 5.88. The zero-order chi connectivity index (χ0) is 29.4. The number of amides is 1. The van der Waals surface area contributed by atoms with Crippen LogP contribution < -0.4 is 15.0 Å². The zero-order valence-electron chi connectivity index (χ0n) is 23.1. The average molecular weight is 603 g/mol. The van der Waals surface area contributed by atoms with E-state index < -0.39 is 4.92 Å². The summed E-state index contributed by atoms with van der Waals surface area (Å²) in [5.74, 6) is 0.283. The van der Waals surface area contributed by atoms with Crippen molar-refractivity contribution in [3.8, 4) is 5.75 Å². The van der Waals surface area contributed by atoms with Gasteiger partial charge in [0.1, 0.15) is 0 Å². The fourth-order valence-electron chi connectivity index (χ4n) is 5.12. The topological polar surface area (TPSA) is 91.2 Å². The summed E-state index contributed by atoms with van der Waals surface area (Å²) in [6.45, 7) is 13.3. The minimum atomic E-state index is -0.449. The number of piperidine rings is 1. The van der Waals surface area contributed by atoms with Gasteiger partial charge in [-0.2, -0.15) is 0 Å². The van der Waals surface area contributed by atoms with Gasteiger partial charge in [-0.05, 0) is 37.1 Å². The van der Waals surface area contributed by atoms with Crippen molar-refractivity contribution in [2.45, 2.75) is 25.3 Å². The maximum atomic E-state index is 12.9. The first-order valence-corrected chi connectivity index (χ1v) is 14.7. The third-order valence-corrected chi connectivity index (χ3v) is 8.43. The van der Waals surface area contributed by atoms with Crippen LogP contribution in [-0.4, -0.2) is 79.1 Å². The molecule has 11 heteroatoms. The Hall–Kier alpha value is -3.27. The van der Waals surface area contributed by atoms with Crippen molar-refractivity contribution in [3.05, 3.63) is 81.9 Å². The summed E-state index contributed by atoms with van der Waals surface area (Å²) in [5.41, 5.74) is 1.74. The third-order valence-electron chi connectivity index (χ3n) is 7.69. The van der Waals surface area contributed by atoms with Gasteiger partial charge >= 0.3 is 5.69 Å². The SMILES string of the molecule is C=CC(C=C)COc1cc(NC2CCN(C(=O)CCN3CCN(c4ccc(Cl)c(Cl)c4)CC3)CC2)ccc1[N+](=O)[O-]. The van der Waals surface area contributed by atoms with Gasteiger partial charge in [-0.3, -0.25) is 19.8 Å². The lowest BCUT2D eigenvalue weighted by Crippen LogP contribution is -2.48. The molecule has 2 fully saturated rings. The first-order valence-electron chi connectivity index (χ1n) is 13.9. The quantitative estimate of drug-likeness (QED) is 0.184. The van der Waals surface area contributed by atoms with E-state index in [2.05, 4.69) is 28.3 Å². The van der Waals surface area contributed by atoms with Gasteiger partial charge < -0.3 is 19.9 Å². The maximum absolute atomic E-state index is 12.9. The third kappa shape index (κ3) is 8.38. The monoisotopic (exact) mass is 601 g/mol. The fraction of sp³-hybridized carbons (Fsp3) is 0.433. The van der Waals surface area contributed by atoms with Crippen LogP contribution >= 0.6 is 23.2 Å². The summed E-state index contributed by atoms with van der Waals surface area (Å²) in [6, 6.07) is 10.7. The van der Waals surface area contributed by atoms with Crippen LogP contribution in [0.1, 0.15) is 19.3 Å². The molecule has 2 aromatic rings. The lowest BCUT2D eigenvalue weighted by Gasteiger charge is -2.37. The number of nitrogens with one attached hydrogen (secondary N) is 1. The number of ether oxygens (including phenoxy) is 1. The summed E-state index contributed by atoms with van der Waals surface area (Å²) in [6.07, 6.45) is 5.49. The Morgan fingerprint density at radius 3 is 2.39 bits per heavy atom. The number of anilines is 2. The second kappa shape index (κ2) is 14.6. The van der Waals surface area contributed by atoms with Gasteiger partial charge in [-0.15, -0.1) is 13.2 Å². The van der Waals surface area contributed by atoms with Gasteiger partial charge in [-0.1, -0.05) is 35.4 Å². The molecular formula is C30H37Cl2N5O4. The summed E-state index contributed by atoms with van der Waals surface area (Å²) in [7, 11) is 0. The Labute approximate surface area is 251 Å². The molecule has 1 amide bonds. The van der Waals surface area contributed by atoms with Crippen LogP contribution in [0.3, 0.4) is 0 Å². The van der Waals surface area contributed by atoms with Gasteiger partial charge in [0.25, 0.3) is 0 Å². The number of nitro benzene ring substituents is 1. The van der Waals surface area contributed by atoms with Gasteiger partial charge in [0, 0.05) is 87.7 Å². The number of piperazine rings is 1. The van der Waals surface area contributed by atoms with Gasteiger partial charge in [-0.25, -0.2) is 0 Å². The zero-order valence-corrected chi connectivity index (χ0v) is 24.7. The lowest BCUT2D eigenvalue weighted by molar-refractivity contribution is -0.385. The summed E-state index contributed by atoms with van der Waals surface area (Å²) >= 11 is 12.2. The molecule has 220 valence electrons. The van der Waals surface area contributed by atoms with Crippen LogP contribution in [0, 0.1) is 16.0 Å². The summed E-state index contributed by atoms with van der Waals surface area (Å²) in [5, 5.41) is 16.0. The van der Waals surface area contributed by atoms with Crippen molar-refractivity contribution in [3.63, 3.8) is 0 Å². The highest BCUT2D eigenvalue weighted by atomic mass is 35.5. The highest BCUT2D eigenvalue weighted by molar-refractivity contribution is 6.42. The average Bonchev–Trinajstić information content (AvgIpc) is 2.98. The number of halogens is 2. The van der Waals surface area contributed by atoms with E-state index in [9.17, 15) is 14.9 Å². The smallest absolute Gasteiger partial charge is 0.311 e. The fourth-order valence-corrected chi connectivity index (χ4v) is 5.41. The highest BCUT2D eigenvalue weighted by Gasteiger charge is 2.25. The molecule has 0 bridgehead atoms. The number of carbonyl (C=O) groups excluding carboxylic acids is 1. The summed E-state index contributed by atoms with van der Waals surface area (Å²) < 4.78 is 5.74. The Balaban J connectivity index is 1.20. The second-order valence-corrected chi connectivity index (χ2v) is 11.2. The summed E-state index contributed by atoms with van der Waals surface area (Å²) in [4.78, 5) is 30.5. The van der Waals surface area contributed by atoms with E-state index in [1.54, 1.807) is 24.3 Å². The van der Waals surface area contributed by atoms with Crippen molar-refractivity contribution in [1.29, 1.82) is 0 Å². The molecule has 0 radical (unpaired) electrons. The number of hydrogen-bond acceptors (Lipinski definition) is 7. The van der Waals surface area contributed by atoms with E-state index in [-0.39, 0.29) is 35.9 Å². The molecule has 2 aliphatic rings. The minimum Gasteiger partial charge on any atom is -0.486 e. The van der Waals surface area contributed by atoms with Crippen molar-refractivity contribution < 1.29 is 14.5 Å². The van der Waals surface area contributed by atoms with E-state index in [0.29, 0.717) is 29.6 Å². The normalized spacial score (nSPS) is 16.5. The number of nitrogens with zero attached hydrogens (tertiary/aromatic N) is 4. The number of rotatable bonds is 12. The molecule has 2 aliphatic heterocycles. The predicted molar refractivity (Wildman–Crippen MR) is 165 cm³/mol. The van der Waals surface area contributed by atoms with Crippen molar-refractivity contribution in [1.82, 2.24) is 9.80 Å². The van der Waals surface area contributed by atoms with Gasteiger partial charge in [0.2, 0.25) is 5.91 Å². The largest absolute Gasteiger partial charge is 0.486 e. The highest BCUT2D eigenvalue weighted by Crippen LogP contribution is 2.32. The molecule has 9 nitrogen and oxygen atoms in total. The van der Waals surface area contributed by atoms with E-state index in [1.165, 1.54) is 6.07 Å². The first-order chi connectivity index (χ1) is 19.8. The number of benzene rings is 2. The molecule has 0 spiro atoms. The maximum Gasteiger partial charge on any atom is 0.311 e. The molecule has 1 N–H and O–H groups in total. The molecule has 41 heavy (non-hydrogen) atoms. The Morgan fingerprint density at radius 2 is 1.76 bits per heavy atom. The Bertz CT molecular complexity index is 1240. The molecule has 0 atom stereocenters. The molecular weight excluding hydrogens is 565 g/mol. The number of likely N-dealkylation sites (tertiary alicyclic amines) is 1. The van der Waals surface area contributed by atoms with Crippen LogP contribution in [0.2, 0.25) is 10.0 Å². The van der Waals surface area contributed by atoms with Crippen LogP contribution in [0.5, 0.6) is 5.75 Å². The van der Waals surface area contributed by atoms with Crippen molar-refractivity contribution >= 4 is 46.2 Å². The van der Waals surface area contributed by atoms with E-state index in [1.807, 2.05) is 23.1 Å². The van der Waals surface area contributed by atoms with Gasteiger partial charge in [0.15, 0.2) is 5.75 Å². The minimum absolute atomic E-state index is 0.0846. The molecule has 2 saturated heterocycles. The number of carbonyl (C=O) groups is 1. The molecule has 4 rings (SSSR count). The first kappa shape index (κ1) is 30.7. The van der Waals surface area contributed by atoms with Crippen LogP contribution in [0.4, 0.5) is 17.1 Å². The second-order valence-electron chi connectivity index (χ2n) is 10.4. The van der Waals surface area contributed by atoms with Gasteiger partial charge in [0.05, 0.1) is 21.6 Å². The molecule has 2 aromatic carbocycles. The molecule has 0 unspecified atom stereocenters. The molecule has 0 aliphatic carbocycles. The standard InChI is InChI=1S/C30H37Cl2N5O4/c1-3-22(4-2)21-41-29-19-24(5-8-28(29)37(39)40)33-23-9-13-36(14-10-23)30(38)11-12-34-15-17-35(18-16-34)25-6-7-26(31)27(32)20-25/h3-8,19-20,22-23,33H,1-2,9-18,21H2. The lowest BCUT2D eigenvalue weighted by atomic mass is 10.0. The number of hydrogen-bond donors (Lipinski definition) is 1. The van der Waals surface area contributed by atoms with E-state index >= 15 is 0 Å². The molecule has 0 saturated carbocycles. The molecule has 2 heterocycles. The van der Waals surface area contributed by atoms with Crippen LogP contribution in [0.15, 0.2) is 61.7 Å². The van der Waals surface area contributed by atoms with Crippen molar-refractivity contribution in [2.75, 3.05) is 62.6 Å². The Morgan fingerprint density at radius 1 is 1.05 bits per heavy atom. The van der Waals surface area contributed by atoms with Crippen molar-refractivity contribution in [2.24, 2.45) is 5.92 Å². The van der Waals surface area contributed by atoms with E-state index in [4.69, 9.17) is 27.9 Å².